The largest absolute Gasteiger partial charge is 0.496 e. The smallest absolute Gasteiger partial charge is 0.416 e. The number of hydrogen-bond acceptors (Lipinski definition) is 4. The summed E-state index contributed by atoms with van der Waals surface area (Å²) in [7, 11) is 3.35. The SMILES string of the molecule is CCN(C)CCNC(=O)c1ccc(NC(=O)Nc2ccc(C(F)(F)F)cc2)cc1OC. The zero-order valence-corrected chi connectivity index (χ0v) is 17.5. The maximum Gasteiger partial charge on any atom is 0.416 e. The van der Waals surface area contributed by atoms with E-state index in [-0.39, 0.29) is 17.3 Å². The second-order valence-corrected chi connectivity index (χ2v) is 6.72. The number of urea groups is 1. The number of benzene rings is 2. The van der Waals surface area contributed by atoms with Gasteiger partial charge < -0.3 is 25.6 Å². The van der Waals surface area contributed by atoms with Gasteiger partial charge >= 0.3 is 12.2 Å². The zero-order valence-electron chi connectivity index (χ0n) is 17.5. The molecule has 31 heavy (non-hydrogen) atoms. The fourth-order valence-electron chi connectivity index (χ4n) is 2.61. The predicted octanol–water partition coefficient (Wildman–Crippen LogP) is 4.04. The van der Waals surface area contributed by atoms with Gasteiger partial charge in [0.2, 0.25) is 0 Å². The zero-order chi connectivity index (χ0) is 23.0. The van der Waals surface area contributed by atoms with Crippen molar-refractivity contribution in [3.63, 3.8) is 0 Å². The molecule has 7 nitrogen and oxygen atoms in total. The molecule has 0 aliphatic carbocycles. The molecule has 0 aliphatic rings. The number of amides is 3. The number of likely N-dealkylation sites (N-methyl/N-ethyl adjacent to an activating group) is 1. The number of anilines is 2. The van der Waals surface area contributed by atoms with Gasteiger partial charge in [-0.2, -0.15) is 13.2 Å². The minimum absolute atomic E-state index is 0.200. The molecule has 0 atom stereocenters. The van der Waals surface area contributed by atoms with E-state index in [9.17, 15) is 22.8 Å². The van der Waals surface area contributed by atoms with E-state index in [1.165, 1.54) is 25.3 Å². The van der Waals surface area contributed by atoms with Crippen LogP contribution in [-0.4, -0.2) is 50.6 Å². The van der Waals surface area contributed by atoms with Crippen LogP contribution in [0.25, 0.3) is 0 Å². The summed E-state index contributed by atoms with van der Waals surface area (Å²) < 4.78 is 43.1. The molecule has 0 aliphatic heterocycles. The molecule has 0 saturated heterocycles. The fourth-order valence-corrected chi connectivity index (χ4v) is 2.61. The molecule has 0 unspecified atom stereocenters. The topological polar surface area (TPSA) is 82.7 Å². The van der Waals surface area contributed by atoms with Gasteiger partial charge in [0.1, 0.15) is 5.75 Å². The Kier molecular flexibility index (Phi) is 8.26. The Labute approximate surface area is 178 Å². The van der Waals surface area contributed by atoms with E-state index in [1.807, 2.05) is 14.0 Å². The Hall–Kier alpha value is -3.27. The number of rotatable bonds is 8. The van der Waals surface area contributed by atoms with E-state index in [0.29, 0.717) is 24.3 Å². The standard InChI is InChI=1S/C21H25F3N4O3/c1-4-28(2)12-11-25-19(29)17-10-9-16(13-18(17)31-3)27-20(30)26-15-7-5-14(6-8-15)21(22,23)24/h5-10,13H,4,11-12H2,1-3H3,(H,25,29)(H2,26,27,30). The molecular weight excluding hydrogens is 413 g/mol. The molecule has 2 aromatic carbocycles. The van der Waals surface area contributed by atoms with E-state index in [4.69, 9.17) is 4.74 Å². The second-order valence-electron chi connectivity index (χ2n) is 6.72. The molecule has 168 valence electrons. The third kappa shape index (κ3) is 7.18. The molecule has 0 saturated carbocycles. The second kappa shape index (κ2) is 10.7. The van der Waals surface area contributed by atoms with Crippen LogP contribution in [0.5, 0.6) is 5.75 Å². The van der Waals surface area contributed by atoms with Crippen molar-refractivity contribution in [3.8, 4) is 5.75 Å². The molecule has 0 aromatic heterocycles. The highest BCUT2D eigenvalue weighted by Crippen LogP contribution is 2.30. The van der Waals surface area contributed by atoms with Gasteiger partial charge in [0.05, 0.1) is 18.2 Å². The number of carbonyl (C=O) groups excluding carboxylic acids is 2. The summed E-state index contributed by atoms with van der Waals surface area (Å²) in [5, 5.41) is 7.80. The van der Waals surface area contributed by atoms with Crippen molar-refractivity contribution in [3.05, 3.63) is 53.6 Å². The quantitative estimate of drug-likeness (QED) is 0.581. The first-order valence-electron chi connectivity index (χ1n) is 9.54. The van der Waals surface area contributed by atoms with Gasteiger partial charge in [-0.25, -0.2) is 4.79 Å². The van der Waals surface area contributed by atoms with Gasteiger partial charge in [-0.15, -0.1) is 0 Å². The number of carbonyl (C=O) groups is 2. The van der Waals surface area contributed by atoms with E-state index in [2.05, 4.69) is 20.9 Å². The van der Waals surface area contributed by atoms with Crippen LogP contribution in [-0.2, 0) is 6.18 Å². The Balaban J connectivity index is 1.99. The van der Waals surface area contributed by atoms with Crippen molar-refractivity contribution in [2.45, 2.75) is 13.1 Å². The van der Waals surface area contributed by atoms with Gasteiger partial charge in [0, 0.05) is 30.5 Å². The Morgan fingerprint density at radius 2 is 1.65 bits per heavy atom. The van der Waals surface area contributed by atoms with Gasteiger partial charge in [-0.1, -0.05) is 6.92 Å². The van der Waals surface area contributed by atoms with Crippen LogP contribution in [0.2, 0.25) is 0 Å². The average molecular weight is 438 g/mol. The van der Waals surface area contributed by atoms with Crippen molar-refractivity contribution in [2.75, 3.05) is 44.4 Å². The van der Waals surface area contributed by atoms with Crippen LogP contribution in [0.15, 0.2) is 42.5 Å². The van der Waals surface area contributed by atoms with Crippen molar-refractivity contribution in [1.29, 1.82) is 0 Å². The van der Waals surface area contributed by atoms with E-state index < -0.39 is 17.8 Å². The normalized spacial score (nSPS) is 11.2. The van der Waals surface area contributed by atoms with Crippen LogP contribution in [0.4, 0.5) is 29.3 Å². The summed E-state index contributed by atoms with van der Waals surface area (Å²) in [6.07, 6.45) is -4.45. The number of hydrogen-bond donors (Lipinski definition) is 3. The summed E-state index contributed by atoms with van der Waals surface area (Å²) >= 11 is 0. The van der Waals surface area contributed by atoms with Gasteiger partial charge in [0.15, 0.2) is 0 Å². The van der Waals surface area contributed by atoms with E-state index in [0.717, 1.165) is 30.8 Å². The molecule has 3 N–H and O–H groups in total. The molecule has 2 rings (SSSR count). The monoisotopic (exact) mass is 438 g/mol. The molecule has 0 radical (unpaired) electrons. The molecule has 10 heteroatoms. The van der Waals surface area contributed by atoms with Crippen LogP contribution >= 0.6 is 0 Å². The highest BCUT2D eigenvalue weighted by Gasteiger charge is 2.30. The highest BCUT2D eigenvalue weighted by atomic mass is 19.4. The number of nitrogens with zero attached hydrogens (tertiary/aromatic N) is 1. The molecule has 0 spiro atoms. The molecule has 2 aromatic rings. The number of nitrogens with one attached hydrogen (secondary N) is 3. The van der Waals surface area contributed by atoms with Gasteiger partial charge in [-0.3, -0.25) is 4.79 Å². The minimum Gasteiger partial charge on any atom is -0.496 e. The Morgan fingerprint density at radius 1 is 1.03 bits per heavy atom. The van der Waals surface area contributed by atoms with Crippen LogP contribution < -0.4 is 20.7 Å². The lowest BCUT2D eigenvalue weighted by molar-refractivity contribution is -0.137. The van der Waals surface area contributed by atoms with Crippen molar-refractivity contribution < 1.29 is 27.5 Å². The highest BCUT2D eigenvalue weighted by molar-refractivity contribution is 6.01. The third-order valence-corrected chi connectivity index (χ3v) is 4.49. The fraction of sp³-hybridized carbons (Fsp3) is 0.333. The maximum atomic E-state index is 12.6. The average Bonchev–Trinajstić information content (AvgIpc) is 2.72. The number of alkyl halides is 3. The third-order valence-electron chi connectivity index (χ3n) is 4.49. The van der Waals surface area contributed by atoms with Crippen molar-refractivity contribution in [2.24, 2.45) is 0 Å². The Morgan fingerprint density at radius 3 is 2.23 bits per heavy atom. The number of ether oxygens (including phenoxy) is 1. The predicted molar refractivity (Wildman–Crippen MR) is 113 cm³/mol. The Bertz CT molecular complexity index is 902. The van der Waals surface area contributed by atoms with Crippen LogP contribution in [0.1, 0.15) is 22.8 Å². The summed E-state index contributed by atoms with van der Waals surface area (Å²) in [5.41, 5.74) is 0.0581. The van der Waals surface area contributed by atoms with Crippen LogP contribution in [0, 0.1) is 0 Å². The lowest BCUT2D eigenvalue weighted by Crippen LogP contribution is -2.33. The first-order chi connectivity index (χ1) is 14.6. The lowest BCUT2D eigenvalue weighted by atomic mass is 10.1. The van der Waals surface area contributed by atoms with Crippen molar-refractivity contribution in [1.82, 2.24) is 10.2 Å². The number of methoxy groups -OCH3 is 1. The van der Waals surface area contributed by atoms with E-state index >= 15 is 0 Å². The summed E-state index contributed by atoms with van der Waals surface area (Å²) in [6.45, 7) is 4.06. The van der Waals surface area contributed by atoms with Crippen LogP contribution in [0.3, 0.4) is 0 Å². The minimum atomic E-state index is -4.45. The molecule has 0 heterocycles. The molecular formula is C21H25F3N4O3. The summed E-state index contributed by atoms with van der Waals surface area (Å²) in [6, 6.07) is 7.96. The summed E-state index contributed by atoms with van der Waals surface area (Å²) in [5.74, 6) is -0.0317. The first-order valence-corrected chi connectivity index (χ1v) is 9.54. The van der Waals surface area contributed by atoms with E-state index in [1.54, 1.807) is 0 Å². The first kappa shape index (κ1) is 24.0. The van der Waals surface area contributed by atoms with Crippen molar-refractivity contribution >= 4 is 23.3 Å². The lowest BCUT2D eigenvalue weighted by Gasteiger charge is -2.15. The molecule has 0 fully saturated rings. The molecule has 0 bridgehead atoms. The summed E-state index contributed by atoms with van der Waals surface area (Å²) in [4.78, 5) is 26.6. The maximum absolute atomic E-state index is 12.6. The number of halogens is 3. The van der Waals surface area contributed by atoms with Gasteiger partial charge in [0.25, 0.3) is 5.91 Å². The van der Waals surface area contributed by atoms with Gasteiger partial charge in [-0.05, 0) is 50.0 Å². The molecule has 3 amide bonds.